The van der Waals surface area contributed by atoms with Gasteiger partial charge in [0.25, 0.3) is 11.8 Å². The van der Waals surface area contributed by atoms with Gasteiger partial charge in [-0.3, -0.25) is 9.59 Å². The zero-order chi connectivity index (χ0) is 27.7. The van der Waals surface area contributed by atoms with Crippen LogP contribution in [0, 0.1) is 6.92 Å². The highest BCUT2D eigenvalue weighted by Gasteiger charge is 2.30. The Labute approximate surface area is 234 Å². The van der Waals surface area contributed by atoms with Gasteiger partial charge in [-0.25, -0.2) is 0 Å². The molecule has 0 saturated carbocycles. The molecule has 2 aliphatic heterocycles. The second-order valence-corrected chi connectivity index (χ2v) is 11.0. The number of anilines is 2. The third kappa shape index (κ3) is 5.34. The van der Waals surface area contributed by atoms with Gasteiger partial charge in [-0.1, -0.05) is 35.5 Å². The molecule has 1 atom stereocenters. The van der Waals surface area contributed by atoms with Crippen molar-refractivity contribution in [2.45, 2.75) is 24.8 Å². The fourth-order valence-electron chi connectivity index (χ4n) is 5.07. The van der Waals surface area contributed by atoms with Crippen LogP contribution in [0.2, 0.25) is 0 Å². The average Bonchev–Trinajstić information content (AvgIpc) is 2.95. The molecule has 2 amide bonds. The average molecular weight is 544 g/mol. The smallest absolute Gasteiger partial charge is 0.264 e. The minimum absolute atomic E-state index is 0.00859. The Bertz CT molecular complexity index is 1440. The summed E-state index contributed by atoms with van der Waals surface area (Å²) in [6, 6.07) is 19.9. The molecule has 0 N–H and O–H groups in total. The number of amides is 2. The molecule has 3 aromatic rings. The van der Waals surface area contributed by atoms with Gasteiger partial charge in [-0.05, 0) is 68.0 Å². The van der Waals surface area contributed by atoms with Crippen LogP contribution in [0.3, 0.4) is 0 Å². The molecule has 2 aliphatic rings. The monoisotopic (exact) mass is 543 g/mol. The summed E-state index contributed by atoms with van der Waals surface area (Å²) in [5.41, 5.74) is 4.59. The number of hydrogen-bond acceptors (Lipinski definition) is 6. The van der Waals surface area contributed by atoms with Crippen molar-refractivity contribution in [1.82, 2.24) is 4.90 Å². The lowest BCUT2D eigenvalue weighted by molar-refractivity contribution is -0.114. The number of likely N-dealkylation sites (N-methyl/N-ethyl adjacent to an activating group) is 1. The van der Waals surface area contributed by atoms with Crippen LogP contribution < -0.4 is 19.3 Å². The Morgan fingerprint density at radius 1 is 0.974 bits per heavy atom. The number of fused-ring (bicyclic) bond motifs is 1. The van der Waals surface area contributed by atoms with E-state index in [4.69, 9.17) is 9.47 Å². The number of rotatable bonds is 5. The zero-order valence-electron chi connectivity index (χ0n) is 22.9. The van der Waals surface area contributed by atoms with E-state index in [-0.39, 0.29) is 17.9 Å². The number of nitrogens with zero attached hydrogens (tertiary/aromatic N) is 3. The maximum atomic E-state index is 13.5. The third-order valence-corrected chi connectivity index (χ3v) is 8.37. The number of ether oxygens (including phenoxy) is 2. The van der Waals surface area contributed by atoms with Gasteiger partial charge in [0.2, 0.25) is 0 Å². The minimum Gasteiger partial charge on any atom is -0.493 e. The third-order valence-electron chi connectivity index (χ3n) is 7.29. The summed E-state index contributed by atoms with van der Waals surface area (Å²) in [4.78, 5) is 34.2. The van der Waals surface area contributed by atoms with Crippen molar-refractivity contribution in [3.63, 3.8) is 0 Å². The molecule has 0 bridgehead atoms. The van der Waals surface area contributed by atoms with Crippen LogP contribution in [0.5, 0.6) is 11.5 Å². The normalized spacial score (nSPS) is 18.3. The number of carbonyl (C=O) groups excluding carboxylic acids is 2. The molecular weight excluding hydrogens is 510 g/mol. The SMILES string of the molecule is COc1ccc(C=C2Sc3ccc(C(=O)N4CCN(c5ccc(C)cc5)C(C)C4)cc3N(C)C2=O)cc1OC. The summed E-state index contributed by atoms with van der Waals surface area (Å²) < 4.78 is 10.7. The number of carbonyl (C=O) groups is 2. The van der Waals surface area contributed by atoms with Crippen LogP contribution in [0.25, 0.3) is 6.08 Å². The number of aryl methyl sites for hydroxylation is 1. The molecule has 5 rings (SSSR count). The molecule has 8 heteroatoms. The summed E-state index contributed by atoms with van der Waals surface area (Å²) in [5.74, 6) is 1.11. The fourth-order valence-corrected chi connectivity index (χ4v) is 6.16. The van der Waals surface area contributed by atoms with E-state index in [2.05, 4.69) is 43.0 Å². The van der Waals surface area contributed by atoms with Crippen LogP contribution in [0.1, 0.15) is 28.4 Å². The zero-order valence-corrected chi connectivity index (χ0v) is 23.7. The van der Waals surface area contributed by atoms with Crippen molar-refractivity contribution in [3.05, 3.63) is 82.3 Å². The number of hydrogen-bond donors (Lipinski definition) is 0. The van der Waals surface area contributed by atoms with Gasteiger partial charge in [-0.2, -0.15) is 0 Å². The molecule has 2 heterocycles. The number of benzene rings is 3. The predicted octanol–water partition coefficient (Wildman–Crippen LogP) is 5.47. The van der Waals surface area contributed by atoms with Crippen LogP contribution in [0.4, 0.5) is 11.4 Å². The van der Waals surface area contributed by atoms with E-state index in [0.29, 0.717) is 35.1 Å². The highest BCUT2D eigenvalue weighted by atomic mass is 32.2. The Morgan fingerprint density at radius 2 is 1.72 bits per heavy atom. The van der Waals surface area contributed by atoms with E-state index >= 15 is 0 Å². The van der Waals surface area contributed by atoms with Crippen molar-refractivity contribution in [3.8, 4) is 11.5 Å². The predicted molar refractivity (Wildman–Crippen MR) is 157 cm³/mol. The Balaban J connectivity index is 1.32. The lowest BCUT2D eigenvalue weighted by Gasteiger charge is -2.41. The Kier molecular flexibility index (Phi) is 7.57. The number of piperazine rings is 1. The molecule has 0 radical (unpaired) electrons. The lowest BCUT2D eigenvalue weighted by Crippen LogP contribution is -2.53. The van der Waals surface area contributed by atoms with Gasteiger partial charge in [0.05, 0.1) is 24.8 Å². The largest absolute Gasteiger partial charge is 0.493 e. The van der Waals surface area contributed by atoms with Gasteiger partial charge in [-0.15, -0.1) is 0 Å². The lowest BCUT2D eigenvalue weighted by atomic mass is 10.1. The number of methoxy groups -OCH3 is 2. The van der Waals surface area contributed by atoms with Gasteiger partial charge in [0.1, 0.15) is 0 Å². The first kappa shape index (κ1) is 26.7. The van der Waals surface area contributed by atoms with Gasteiger partial charge in [0.15, 0.2) is 11.5 Å². The van der Waals surface area contributed by atoms with Crippen LogP contribution in [-0.2, 0) is 4.79 Å². The molecule has 0 aromatic heterocycles. The highest BCUT2D eigenvalue weighted by molar-refractivity contribution is 8.04. The molecule has 1 unspecified atom stereocenters. The van der Waals surface area contributed by atoms with Crippen LogP contribution >= 0.6 is 11.8 Å². The van der Waals surface area contributed by atoms with Crippen LogP contribution in [0.15, 0.2) is 70.5 Å². The van der Waals surface area contributed by atoms with Crippen molar-refractivity contribution in [2.24, 2.45) is 0 Å². The van der Waals surface area contributed by atoms with Gasteiger partial charge < -0.3 is 24.2 Å². The van der Waals surface area contributed by atoms with Gasteiger partial charge in [0, 0.05) is 48.9 Å². The molecule has 0 aliphatic carbocycles. The van der Waals surface area contributed by atoms with E-state index < -0.39 is 0 Å². The molecule has 202 valence electrons. The fraction of sp³-hybridized carbons (Fsp3) is 0.290. The summed E-state index contributed by atoms with van der Waals surface area (Å²) >= 11 is 1.41. The van der Waals surface area contributed by atoms with E-state index in [0.717, 1.165) is 22.7 Å². The van der Waals surface area contributed by atoms with Crippen LogP contribution in [-0.4, -0.2) is 63.7 Å². The maximum Gasteiger partial charge on any atom is 0.264 e. The second kappa shape index (κ2) is 11.1. The molecule has 0 spiro atoms. The van der Waals surface area contributed by atoms with E-state index in [9.17, 15) is 9.59 Å². The summed E-state index contributed by atoms with van der Waals surface area (Å²) in [6.07, 6.45) is 1.85. The maximum absolute atomic E-state index is 13.5. The van der Waals surface area contributed by atoms with Crippen molar-refractivity contribution >= 4 is 41.0 Å². The number of thioether (sulfide) groups is 1. The Hall–Kier alpha value is -3.91. The van der Waals surface area contributed by atoms with Crippen molar-refractivity contribution < 1.29 is 19.1 Å². The molecule has 39 heavy (non-hydrogen) atoms. The molecule has 1 fully saturated rings. The first-order valence-electron chi connectivity index (χ1n) is 13.0. The topological polar surface area (TPSA) is 62.3 Å². The van der Waals surface area contributed by atoms with Crippen molar-refractivity contribution in [2.75, 3.05) is 50.7 Å². The van der Waals surface area contributed by atoms with E-state index in [1.54, 1.807) is 26.2 Å². The Morgan fingerprint density at radius 3 is 2.41 bits per heavy atom. The van der Waals surface area contributed by atoms with Crippen molar-refractivity contribution in [1.29, 1.82) is 0 Å². The second-order valence-electron chi connectivity index (χ2n) is 9.90. The van der Waals surface area contributed by atoms with Gasteiger partial charge >= 0.3 is 0 Å². The molecule has 3 aromatic carbocycles. The quantitative estimate of drug-likeness (QED) is 0.398. The minimum atomic E-state index is -0.118. The molecule has 1 saturated heterocycles. The first-order chi connectivity index (χ1) is 18.8. The first-order valence-corrected chi connectivity index (χ1v) is 13.8. The summed E-state index contributed by atoms with van der Waals surface area (Å²) in [5, 5.41) is 0. The van der Waals surface area contributed by atoms with E-state index in [1.165, 1.54) is 23.0 Å². The standard InChI is InChI=1S/C31H33N3O4S/c1-20-6-10-24(11-7-20)34-15-14-33(19-21(34)2)30(35)23-9-13-28-25(18-23)32(3)31(36)29(39-28)17-22-8-12-26(37-4)27(16-22)38-5/h6-13,16-18,21H,14-15,19H2,1-5H3. The summed E-state index contributed by atoms with van der Waals surface area (Å²) in [7, 11) is 4.93. The molecular formula is C31H33N3O4S. The highest BCUT2D eigenvalue weighted by Crippen LogP contribution is 2.42. The van der Waals surface area contributed by atoms with E-state index in [1.807, 2.05) is 47.4 Å². The summed E-state index contributed by atoms with van der Waals surface area (Å²) in [6.45, 7) is 6.31. The molecule has 7 nitrogen and oxygen atoms in total.